The minimum atomic E-state index is -4.20. The second-order valence-electron chi connectivity index (χ2n) is 14.3. The lowest BCUT2D eigenvalue weighted by Gasteiger charge is -2.61. The first-order valence-electron chi connectivity index (χ1n) is 15.2. The van der Waals surface area contributed by atoms with Crippen LogP contribution in [0.2, 0.25) is 28.3 Å². The molecular formula is C32H42Cl2F3N6O2Si. The van der Waals surface area contributed by atoms with Crippen molar-refractivity contribution >= 4 is 37.3 Å². The summed E-state index contributed by atoms with van der Waals surface area (Å²) >= 11 is 13.2. The van der Waals surface area contributed by atoms with Crippen molar-refractivity contribution in [1.82, 2.24) is 24.6 Å². The molecule has 0 unspecified atom stereocenters. The number of nitrogens with zero attached hydrogens (tertiary/aromatic N) is 6. The van der Waals surface area contributed by atoms with Gasteiger partial charge in [0.05, 0.1) is 29.1 Å². The molecule has 1 radical (unpaired) electrons. The molecule has 5 rings (SSSR count). The first kappa shape index (κ1) is 34.9. The number of aromatic nitrogens is 4. The minimum Gasteiger partial charge on any atom is -0.491 e. The minimum absolute atomic E-state index is 0.0439. The smallest absolute Gasteiger partial charge is 0.401 e. The predicted molar refractivity (Wildman–Crippen MR) is 179 cm³/mol. The Labute approximate surface area is 280 Å². The van der Waals surface area contributed by atoms with Gasteiger partial charge in [-0.25, -0.2) is 9.97 Å². The lowest BCUT2D eigenvalue weighted by molar-refractivity contribution is -0.172. The van der Waals surface area contributed by atoms with Crippen molar-refractivity contribution in [3.8, 4) is 28.5 Å². The first-order chi connectivity index (χ1) is 21.2. The predicted octanol–water partition coefficient (Wildman–Crippen LogP) is 7.76. The second kappa shape index (κ2) is 12.3. The molecule has 0 aliphatic carbocycles. The second-order valence-corrected chi connectivity index (χ2v) is 19.8. The van der Waals surface area contributed by atoms with Gasteiger partial charge in [-0.05, 0) is 57.1 Å². The summed E-state index contributed by atoms with van der Waals surface area (Å²) < 4.78 is 52.9. The van der Waals surface area contributed by atoms with Gasteiger partial charge in [-0.15, -0.1) is 0 Å². The van der Waals surface area contributed by atoms with Gasteiger partial charge in [-0.3, -0.25) is 9.58 Å². The number of hydrogen-bond donors (Lipinski definition) is 0. The van der Waals surface area contributed by atoms with Crippen molar-refractivity contribution in [2.75, 3.05) is 44.2 Å². The normalized spacial score (nSPS) is 17.7. The highest BCUT2D eigenvalue weighted by atomic mass is 35.5. The van der Waals surface area contributed by atoms with Crippen molar-refractivity contribution in [3.05, 3.63) is 46.4 Å². The quantitative estimate of drug-likeness (QED) is 0.212. The Bertz CT molecular complexity index is 1610. The lowest BCUT2D eigenvalue weighted by Crippen LogP contribution is -2.73. The maximum atomic E-state index is 12.9. The molecule has 2 aliphatic heterocycles. The van der Waals surface area contributed by atoms with Gasteiger partial charge in [0.15, 0.2) is 19.3 Å². The van der Waals surface area contributed by atoms with E-state index in [-0.39, 0.29) is 23.2 Å². The number of likely N-dealkylation sites (tertiary alicyclic amines) is 1. The third kappa shape index (κ3) is 7.06. The first-order valence-corrected chi connectivity index (χ1v) is 18.9. The third-order valence-corrected chi connectivity index (χ3v) is 14.5. The van der Waals surface area contributed by atoms with Crippen molar-refractivity contribution in [3.63, 3.8) is 0 Å². The number of benzene rings is 1. The number of halogens is 5. The highest BCUT2D eigenvalue weighted by molar-refractivity contribution is 6.74. The zero-order valence-electron chi connectivity index (χ0n) is 27.6. The zero-order valence-corrected chi connectivity index (χ0v) is 30.2. The number of ether oxygens (including phenoxy) is 1. The Morgan fingerprint density at radius 2 is 1.70 bits per heavy atom. The molecule has 251 valence electrons. The molecule has 0 saturated carbocycles. The molecule has 2 saturated heterocycles. The summed E-state index contributed by atoms with van der Waals surface area (Å²) in [5.41, 5.74) is 3.38. The van der Waals surface area contributed by atoms with Crippen LogP contribution in [0.4, 0.5) is 19.0 Å². The SMILES string of the molecule is [CH2][C@H](COc1ccc(Cl)c(-c2nc(-c3c(C)c(Cl)nn3C)c(C)c(N3CC4(CN(CC(F)(F)F)C4)C3)n2)c1)O[Si](C)(C)C(C)(C)C. The van der Waals surface area contributed by atoms with Gasteiger partial charge in [0, 0.05) is 55.3 Å². The average Bonchev–Trinajstić information content (AvgIpc) is 3.13. The fourth-order valence-corrected chi connectivity index (χ4v) is 7.71. The van der Waals surface area contributed by atoms with E-state index in [0.717, 1.165) is 16.8 Å². The molecule has 1 atom stereocenters. The van der Waals surface area contributed by atoms with Gasteiger partial charge in [0.25, 0.3) is 0 Å². The standard InChI is InChI=1S/C32H42Cl2F3N6O2Si/c1-19(45-46(8,9)30(4,5)6)13-44-22-10-11-24(33)23(12-22)28-38-25(26-21(3)27(34)40-41(26)7)20(2)29(39-28)43-16-31(17-43)14-42(15-31)18-32(35,36)37/h10-12,19H,1,13-18H2,2-9H3/t19-/m1/s1. The molecule has 8 nitrogen and oxygen atoms in total. The van der Waals surface area contributed by atoms with Crippen molar-refractivity contribution in [1.29, 1.82) is 0 Å². The van der Waals surface area contributed by atoms with E-state index in [9.17, 15) is 13.2 Å². The highest BCUT2D eigenvalue weighted by Gasteiger charge is 2.54. The topological polar surface area (TPSA) is 68.5 Å². The Morgan fingerprint density at radius 1 is 1.04 bits per heavy atom. The molecular weight excluding hydrogens is 656 g/mol. The van der Waals surface area contributed by atoms with Crippen LogP contribution in [-0.2, 0) is 11.5 Å². The Kier molecular flexibility index (Phi) is 9.31. The van der Waals surface area contributed by atoms with Crippen molar-refractivity contribution < 1.29 is 22.3 Å². The molecule has 0 amide bonds. The van der Waals surface area contributed by atoms with Gasteiger partial charge >= 0.3 is 6.18 Å². The van der Waals surface area contributed by atoms with Gasteiger partial charge in [0.1, 0.15) is 18.2 Å². The van der Waals surface area contributed by atoms with Crippen molar-refractivity contribution in [2.45, 2.75) is 65.0 Å². The van der Waals surface area contributed by atoms with Crippen LogP contribution in [-0.4, -0.2) is 84.6 Å². The van der Waals surface area contributed by atoms with E-state index in [1.54, 1.807) is 29.9 Å². The summed E-state index contributed by atoms with van der Waals surface area (Å²) in [6.07, 6.45) is -4.56. The van der Waals surface area contributed by atoms with Gasteiger partial charge in [-0.2, -0.15) is 18.3 Å². The van der Waals surface area contributed by atoms with Crippen LogP contribution >= 0.6 is 23.2 Å². The lowest BCUT2D eigenvalue weighted by atomic mass is 9.72. The number of anilines is 1. The van der Waals surface area contributed by atoms with Crippen LogP contribution in [0.25, 0.3) is 22.8 Å². The summed E-state index contributed by atoms with van der Waals surface area (Å²) in [5.74, 6) is 1.65. The van der Waals surface area contributed by atoms with Crippen LogP contribution < -0.4 is 9.64 Å². The van der Waals surface area contributed by atoms with Crippen LogP contribution in [0.1, 0.15) is 31.9 Å². The van der Waals surface area contributed by atoms with E-state index in [0.29, 0.717) is 65.0 Å². The molecule has 3 aromatic rings. The van der Waals surface area contributed by atoms with E-state index in [4.69, 9.17) is 42.3 Å². The monoisotopic (exact) mass is 697 g/mol. The zero-order chi connectivity index (χ0) is 34.0. The highest BCUT2D eigenvalue weighted by Crippen LogP contribution is 2.45. The molecule has 4 heterocycles. The summed E-state index contributed by atoms with van der Waals surface area (Å²) in [6.45, 7) is 20.3. The Morgan fingerprint density at radius 3 is 2.26 bits per heavy atom. The van der Waals surface area contributed by atoms with Gasteiger partial charge in [-0.1, -0.05) is 44.0 Å². The van der Waals surface area contributed by atoms with Crippen LogP contribution in [0.3, 0.4) is 0 Å². The molecule has 14 heteroatoms. The summed E-state index contributed by atoms with van der Waals surface area (Å²) in [5, 5.41) is 5.24. The van der Waals surface area contributed by atoms with E-state index < -0.39 is 21.0 Å². The summed E-state index contributed by atoms with van der Waals surface area (Å²) in [7, 11) is -0.221. The number of hydrogen-bond acceptors (Lipinski definition) is 7. The molecule has 2 aromatic heterocycles. The van der Waals surface area contributed by atoms with E-state index in [2.05, 4.69) is 50.8 Å². The van der Waals surface area contributed by atoms with E-state index in [1.165, 1.54) is 4.90 Å². The Hall–Kier alpha value is -2.38. The maximum absolute atomic E-state index is 12.9. The largest absolute Gasteiger partial charge is 0.491 e. The van der Waals surface area contributed by atoms with Crippen LogP contribution in [0.5, 0.6) is 5.75 Å². The van der Waals surface area contributed by atoms with E-state index in [1.807, 2.05) is 13.8 Å². The molecule has 1 spiro atoms. The van der Waals surface area contributed by atoms with Gasteiger partial charge in [0.2, 0.25) is 0 Å². The summed E-state index contributed by atoms with van der Waals surface area (Å²) in [4.78, 5) is 13.5. The fourth-order valence-electron chi connectivity index (χ4n) is 6.05. The fraction of sp³-hybridized carbons (Fsp3) is 0.562. The van der Waals surface area contributed by atoms with Gasteiger partial charge < -0.3 is 14.1 Å². The summed E-state index contributed by atoms with van der Waals surface area (Å²) in [6, 6.07) is 5.34. The molecule has 46 heavy (non-hydrogen) atoms. The maximum Gasteiger partial charge on any atom is 0.401 e. The molecule has 2 aliphatic rings. The van der Waals surface area contributed by atoms with Crippen LogP contribution in [0.15, 0.2) is 18.2 Å². The molecule has 2 fully saturated rings. The molecule has 0 N–H and O–H groups in total. The number of rotatable bonds is 9. The average molecular weight is 699 g/mol. The number of alkyl halides is 3. The Balaban J connectivity index is 1.44. The van der Waals surface area contributed by atoms with E-state index >= 15 is 0 Å². The molecule has 1 aromatic carbocycles. The molecule has 0 bridgehead atoms. The third-order valence-electron chi connectivity index (χ3n) is 9.33. The van der Waals surface area contributed by atoms with Crippen molar-refractivity contribution in [2.24, 2.45) is 12.5 Å². The van der Waals surface area contributed by atoms with Crippen LogP contribution in [0, 0.1) is 26.2 Å². The number of aryl methyl sites for hydroxylation is 1.